The Labute approximate surface area is 735 Å². The van der Waals surface area contributed by atoms with Crippen LogP contribution in [0.15, 0.2) is 376 Å². The lowest BCUT2D eigenvalue weighted by atomic mass is 9.96. The van der Waals surface area contributed by atoms with Gasteiger partial charge in [-0.1, -0.05) is 273 Å². The van der Waals surface area contributed by atoms with Crippen molar-refractivity contribution in [1.82, 2.24) is 59.0 Å². The summed E-state index contributed by atoms with van der Waals surface area (Å²) in [5, 5.41) is 10.9. The third-order valence-electron chi connectivity index (χ3n) is 24.3. The van der Waals surface area contributed by atoms with Crippen LogP contribution in [0.25, 0.3) is 261 Å². The van der Waals surface area contributed by atoms with Crippen LogP contribution >= 0.6 is 45.3 Å². The highest BCUT2D eigenvalue weighted by atomic mass is 32.1. The molecule has 10 heterocycles. The zero-order valence-electron chi connectivity index (χ0n) is 66.8. The summed E-state index contributed by atoms with van der Waals surface area (Å²) in [6, 6.07) is 133. The van der Waals surface area contributed by atoms with Crippen molar-refractivity contribution in [1.29, 1.82) is 0 Å². The fraction of sp³-hybridized carbons (Fsp3) is 0. The first-order valence-electron chi connectivity index (χ1n) is 41.7. The van der Waals surface area contributed by atoms with Gasteiger partial charge in [-0.25, -0.2) is 49.8 Å². The van der Waals surface area contributed by atoms with Crippen LogP contribution in [0.2, 0.25) is 0 Å². The van der Waals surface area contributed by atoms with E-state index in [1.807, 2.05) is 36.4 Å². The molecule has 10 aromatic heterocycles. The molecule has 0 radical (unpaired) electrons. The van der Waals surface area contributed by atoms with E-state index >= 15 is 0 Å². The number of fused-ring (bicyclic) bond motifs is 18. The van der Waals surface area contributed by atoms with E-state index < -0.39 is 0 Å². The van der Waals surface area contributed by atoms with Crippen LogP contribution in [-0.4, -0.2) is 59.0 Å². The van der Waals surface area contributed by atoms with Gasteiger partial charge in [-0.05, 0) is 114 Å². The van der Waals surface area contributed by atoms with Crippen LogP contribution in [0.4, 0.5) is 0 Å². The van der Waals surface area contributed by atoms with Crippen molar-refractivity contribution in [3.05, 3.63) is 376 Å². The van der Waals surface area contributed by atoms with E-state index in [1.54, 1.807) is 45.3 Å². The summed E-state index contributed by atoms with van der Waals surface area (Å²) < 4.78 is 13.5. The summed E-state index contributed by atoms with van der Waals surface area (Å²) in [7, 11) is 0. The van der Waals surface area contributed by atoms with Gasteiger partial charge in [0.15, 0.2) is 46.6 Å². The van der Waals surface area contributed by atoms with E-state index in [0.717, 1.165) is 209 Å². The Morgan fingerprint density at radius 1 is 0.175 bits per heavy atom. The molecule has 26 rings (SSSR count). The highest BCUT2D eigenvalue weighted by Gasteiger charge is 2.28. The van der Waals surface area contributed by atoms with E-state index in [2.05, 4.69) is 349 Å². The van der Waals surface area contributed by atoms with Gasteiger partial charge < -0.3 is 9.13 Å². The minimum Gasteiger partial charge on any atom is -0.309 e. The van der Waals surface area contributed by atoms with Gasteiger partial charge in [-0.2, -0.15) is 0 Å². The lowest BCUT2D eigenvalue weighted by Gasteiger charge is -2.11. The molecule has 586 valence electrons. The molecule has 126 heavy (non-hydrogen) atoms. The normalized spacial score (nSPS) is 12.0. The quantitative estimate of drug-likeness (QED) is 0.110. The first-order chi connectivity index (χ1) is 62.4. The molecule has 0 unspecified atom stereocenters. The topological polar surface area (TPSA) is 139 Å². The average molecular weight is 1680 g/mol. The van der Waals surface area contributed by atoms with Crippen molar-refractivity contribution in [3.8, 4) is 136 Å². The molecule has 16 heteroatoms. The summed E-state index contributed by atoms with van der Waals surface area (Å²) in [5.74, 6) is 4.80. The summed E-state index contributed by atoms with van der Waals surface area (Å²) in [6.07, 6.45) is 0. The summed E-state index contributed by atoms with van der Waals surface area (Å²) >= 11 is 6.97. The van der Waals surface area contributed by atoms with Gasteiger partial charge in [0, 0.05) is 149 Å². The Morgan fingerprint density at radius 3 is 1.12 bits per heavy atom. The Hall–Kier alpha value is -15.8. The predicted octanol–water partition coefficient (Wildman–Crippen LogP) is 29.6. The van der Waals surface area contributed by atoms with Crippen LogP contribution in [0.3, 0.4) is 0 Å². The SMILES string of the molecule is c1ccc(-c2nc(-c3ccc4c5c(-c6cccc(-c7nc(-c8cccc9c8sc8cccc(-c%10nc(-c%11ccccc%11)nc(-c%11ccc%12c(c%11)c%11ccccc%11n%12-c%11ccccc%11)n%10)c89)nc8c7sc7ccccc78)c6)cccc5n(-c5ccccc5)c4c3)nc(-c3cccc4sc5c(-c6nc(-c7ccccc7)c7sc8ccccc8c7n6)cccc5c34)n2)cc1. The van der Waals surface area contributed by atoms with E-state index in [1.165, 1.54) is 4.70 Å². The van der Waals surface area contributed by atoms with Gasteiger partial charge in [0.25, 0.3) is 0 Å². The molecule has 0 fully saturated rings. The van der Waals surface area contributed by atoms with Crippen LogP contribution < -0.4 is 0 Å². The van der Waals surface area contributed by atoms with Crippen molar-refractivity contribution in [2.75, 3.05) is 0 Å². The van der Waals surface area contributed by atoms with Gasteiger partial charge in [0.2, 0.25) is 0 Å². The molecule has 0 saturated heterocycles. The molecule has 0 aliphatic rings. The smallest absolute Gasteiger partial charge is 0.164 e. The monoisotopic (exact) mass is 1680 g/mol. The average Bonchev–Trinajstić information content (AvgIpc) is 1.57. The Bertz CT molecular complexity index is 8990. The molecular weight excluding hydrogens is 1620 g/mol. The van der Waals surface area contributed by atoms with Crippen molar-refractivity contribution in [2.24, 2.45) is 0 Å². The minimum atomic E-state index is 0.556. The highest BCUT2D eigenvalue weighted by molar-refractivity contribution is 7.27. The van der Waals surface area contributed by atoms with Crippen LogP contribution in [0.1, 0.15) is 0 Å². The zero-order valence-corrected chi connectivity index (χ0v) is 70.1. The standard InChI is InChI=1S/C110H62N12S4/c1-6-28-63(29-7-1)95-101-97(75-41-17-20-52-88(75)123-101)113-109(111-95)81-48-23-44-77-94-80(47-27-55-91(94)125-99(77)81)108-118-104(65-32-10-3-11-33-65)116-106(120-108)69-56-58-74-87(62-69)122(71-38-14-5-15-39-71)86-51-25-43-72(92(74)86)66-34-22-35-67(60-66)96-102-98(76-42-18-21-53-89(76)124-102)114-110(112-96)82-49-24-45-78-93-79(46-26-54-90(93)126-100(78)82)107-117-103(64-30-8-2-9-31-64)115-105(119-107)68-57-59-85-83(61-68)73-40-16-19-50-84(73)121(85)70-36-12-4-13-37-70/h1-62H. The van der Waals surface area contributed by atoms with Gasteiger partial charge in [-0.3, -0.25) is 0 Å². The molecule has 0 aliphatic heterocycles. The van der Waals surface area contributed by atoms with Crippen molar-refractivity contribution in [2.45, 2.75) is 0 Å². The predicted molar refractivity (Wildman–Crippen MR) is 524 cm³/mol. The highest BCUT2D eigenvalue weighted by Crippen LogP contribution is 2.51. The minimum absolute atomic E-state index is 0.556. The number of aromatic nitrogens is 12. The second kappa shape index (κ2) is 28.9. The van der Waals surface area contributed by atoms with E-state index in [9.17, 15) is 0 Å². The molecule has 12 nitrogen and oxygen atoms in total. The third kappa shape index (κ3) is 11.6. The number of rotatable bonds is 13. The van der Waals surface area contributed by atoms with Crippen molar-refractivity contribution >= 4 is 170 Å². The largest absolute Gasteiger partial charge is 0.309 e. The van der Waals surface area contributed by atoms with E-state index in [4.69, 9.17) is 49.8 Å². The molecule has 0 saturated carbocycles. The molecule has 0 amide bonds. The molecule has 0 aliphatic carbocycles. The summed E-state index contributed by atoms with van der Waals surface area (Å²) in [4.78, 5) is 54.8. The van der Waals surface area contributed by atoms with Gasteiger partial charge in [0.1, 0.15) is 0 Å². The number of hydrogen-bond donors (Lipinski definition) is 0. The molecule has 0 spiro atoms. The van der Waals surface area contributed by atoms with Crippen LogP contribution in [0, 0.1) is 0 Å². The van der Waals surface area contributed by atoms with E-state index in [-0.39, 0.29) is 0 Å². The van der Waals surface area contributed by atoms with Crippen molar-refractivity contribution in [3.63, 3.8) is 0 Å². The number of thiophene rings is 4. The zero-order chi connectivity index (χ0) is 82.6. The molecule has 0 N–H and O–H groups in total. The molecule has 0 atom stereocenters. The van der Waals surface area contributed by atoms with Gasteiger partial charge >= 0.3 is 0 Å². The van der Waals surface area contributed by atoms with Crippen LogP contribution in [0.5, 0.6) is 0 Å². The summed E-state index contributed by atoms with van der Waals surface area (Å²) in [6.45, 7) is 0. The van der Waals surface area contributed by atoms with Gasteiger partial charge in [0.05, 0.1) is 53.9 Å². The fourth-order valence-corrected chi connectivity index (χ4v) is 23.4. The first kappa shape index (κ1) is 71.9. The Kier molecular flexibility index (Phi) is 16.5. The lowest BCUT2D eigenvalue weighted by Crippen LogP contribution is -2.00. The maximum atomic E-state index is 5.78. The van der Waals surface area contributed by atoms with Crippen molar-refractivity contribution < 1.29 is 0 Å². The summed E-state index contributed by atoms with van der Waals surface area (Å²) in [5.41, 5.74) is 21.5. The number of para-hydroxylation sites is 3. The molecule has 16 aromatic carbocycles. The maximum Gasteiger partial charge on any atom is 0.164 e. The first-order valence-corrected chi connectivity index (χ1v) is 45.0. The molecule has 26 aromatic rings. The third-order valence-corrected chi connectivity index (χ3v) is 29.0. The Morgan fingerprint density at radius 2 is 0.548 bits per heavy atom. The number of benzene rings is 16. The fourth-order valence-electron chi connectivity index (χ4n) is 18.6. The second-order valence-electron chi connectivity index (χ2n) is 31.6. The molecular formula is C110H62N12S4. The van der Waals surface area contributed by atoms with Gasteiger partial charge in [-0.15, -0.1) is 45.3 Å². The lowest BCUT2D eigenvalue weighted by molar-refractivity contribution is 1.08. The number of hydrogen-bond acceptors (Lipinski definition) is 14. The number of nitrogens with zero attached hydrogens (tertiary/aromatic N) is 12. The Balaban J connectivity index is 0.599. The van der Waals surface area contributed by atoms with E-state index in [0.29, 0.717) is 46.6 Å². The maximum absolute atomic E-state index is 5.78. The molecule has 0 bridgehead atoms. The second-order valence-corrected chi connectivity index (χ2v) is 35.8. The van der Waals surface area contributed by atoms with Crippen LogP contribution in [-0.2, 0) is 0 Å².